The Kier molecular flexibility index (Phi) is 17.7. The van der Waals surface area contributed by atoms with Gasteiger partial charge in [-0.05, 0) is 38.5 Å². The Labute approximate surface area is 140 Å². The summed E-state index contributed by atoms with van der Waals surface area (Å²) in [6, 6.07) is 0. The third kappa shape index (κ3) is 19.3. The molecule has 0 aromatic heterocycles. The van der Waals surface area contributed by atoms with Gasteiger partial charge in [-0.2, -0.15) is 0 Å². The molecule has 0 amide bonds. The first-order chi connectivity index (χ1) is 10.8. The van der Waals surface area contributed by atoms with Crippen LogP contribution in [0.3, 0.4) is 0 Å². The van der Waals surface area contributed by atoms with Crippen LogP contribution in [0.15, 0.2) is 24.4 Å². The third-order valence-electron chi connectivity index (χ3n) is 4.26. The number of hydrogen-bond acceptors (Lipinski definition) is 1. The normalized spacial score (nSPS) is 11.3. The minimum atomic E-state index is 0.841. The fourth-order valence-electron chi connectivity index (χ4n) is 2.78. The predicted octanol–water partition coefficient (Wildman–Crippen LogP) is 7.28. The smallest absolute Gasteiger partial charge is 0.000744 e. The zero-order chi connectivity index (χ0) is 16.3. The minimum absolute atomic E-state index is 0.841. The van der Waals surface area contributed by atoms with Gasteiger partial charge in [0.15, 0.2) is 0 Å². The summed E-state index contributed by atoms with van der Waals surface area (Å²) >= 11 is 0. The number of allylic oxidation sites excluding steroid dienone is 3. The molecule has 0 spiro atoms. The molecule has 0 unspecified atom stereocenters. The minimum Gasteiger partial charge on any atom is -0.403 e. The first kappa shape index (κ1) is 21.3. The van der Waals surface area contributed by atoms with Gasteiger partial charge in [0.1, 0.15) is 0 Å². The molecule has 0 bridgehead atoms. The third-order valence-corrected chi connectivity index (χ3v) is 4.26. The van der Waals surface area contributed by atoms with Crippen molar-refractivity contribution in [1.29, 1.82) is 0 Å². The van der Waals surface area contributed by atoms with E-state index >= 15 is 0 Å². The summed E-state index contributed by atoms with van der Waals surface area (Å²) < 4.78 is 0. The second kappa shape index (κ2) is 18.3. The molecule has 0 rings (SSSR count). The van der Waals surface area contributed by atoms with E-state index in [1.807, 2.05) is 0 Å². The molecule has 130 valence electrons. The van der Waals surface area contributed by atoms with E-state index in [0.29, 0.717) is 0 Å². The van der Waals surface area contributed by atoms with Gasteiger partial charge in [-0.15, -0.1) is 0 Å². The summed E-state index contributed by atoms with van der Waals surface area (Å²) in [6.45, 7) is 6.02. The second-order valence-electron chi connectivity index (χ2n) is 6.70. The van der Waals surface area contributed by atoms with Crippen LogP contribution in [0.4, 0.5) is 0 Å². The highest BCUT2D eigenvalue weighted by atomic mass is 14.5. The molecular weight excluding hydrogens is 266 g/mol. The van der Waals surface area contributed by atoms with E-state index in [1.54, 1.807) is 0 Å². The van der Waals surface area contributed by atoms with Crippen LogP contribution < -0.4 is 5.73 Å². The maximum Gasteiger partial charge on any atom is 0.000744 e. The first-order valence-corrected chi connectivity index (χ1v) is 9.85. The second-order valence-corrected chi connectivity index (χ2v) is 6.70. The molecule has 0 aromatic rings. The average Bonchev–Trinajstić information content (AvgIpc) is 2.50. The van der Waals surface area contributed by atoms with Crippen molar-refractivity contribution in [2.45, 2.75) is 110 Å². The highest BCUT2D eigenvalue weighted by molar-refractivity contribution is 4.85. The van der Waals surface area contributed by atoms with E-state index in [0.717, 1.165) is 12.1 Å². The SMILES string of the molecule is C=C(N)CCCCCCCCC/C=C\CCCCCCCC. The zero-order valence-electron chi connectivity index (χ0n) is 15.3. The van der Waals surface area contributed by atoms with Crippen molar-refractivity contribution < 1.29 is 0 Å². The molecule has 0 aliphatic carbocycles. The summed E-state index contributed by atoms with van der Waals surface area (Å²) in [5.74, 6) is 0. The summed E-state index contributed by atoms with van der Waals surface area (Å²) in [4.78, 5) is 0. The van der Waals surface area contributed by atoms with Crippen LogP contribution in [-0.2, 0) is 0 Å². The van der Waals surface area contributed by atoms with Crippen molar-refractivity contribution >= 4 is 0 Å². The topological polar surface area (TPSA) is 26.0 Å². The molecule has 1 nitrogen and oxygen atoms in total. The number of unbranched alkanes of at least 4 members (excludes halogenated alkanes) is 13. The van der Waals surface area contributed by atoms with Crippen molar-refractivity contribution in [3.05, 3.63) is 24.4 Å². The van der Waals surface area contributed by atoms with Gasteiger partial charge in [0, 0.05) is 5.70 Å². The summed E-state index contributed by atoms with van der Waals surface area (Å²) in [5.41, 5.74) is 6.40. The van der Waals surface area contributed by atoms with Crippen LogP contribution >= 0.6 is 0 Å². The molecule has 22 heavy (non-hydrogen) atoms. The van der Waals surface area contributed by atoms with E-state index in [9.17, 15) is 0 Å². The lowest BCUT2D eigenvalue weighted by Crippen LogP contribution is -1.93. The monoisotopic (exact) mass is 307 g/mol. The Hall–Kier alpha value is -0.720. The van der Waals surface area contributed by atoms with Crippen LogP contribution in [0.2, 0.25) is 0 Å². The van der Waals surface area contributed by atoms with Crippen LogP contribution in [0, 0.1) is 0 Å². The molecule has 0 saturated heterocycles. The highest BCUT2D eigenvalue weighted by Gasteiger charge is 1.92. The van der Waals surface area contributed by atoms with Gasteiger partial charge in [0.2, 0.25) is 0 Å². The highest BCUT2D eigenvalue weighted by Crippen LogP contribution is 2.11. The fraction of sp³-hybridized carbons (Fsp3) is 0.810. The van der Waals surface area contributed by atoms with Gasteiger partial charge in [-0.25, -0.2) is 0 Å². The van der Waals surface area contributed by atoms with Crippen LogP contribution in [0.5, 0.6) is 0 Å². The molecule has 0 aliphatic heterocycles. The molecule has 1 heteroatoms. The lowest BCUT2D eigenvalue weighted by Gasteiger charge is -2.01. The van der Waals surface area contributed by atoms with Crippen LogP contribution in [0.1, 0.15) is 110 Å². The summed E-state index contributed by atoms with van der Waals surface area (Å²) in [6.07, 6.45) is 26.3. The van der Waals surface area contributed by atoms with Crippen molar-refractivity contribution in [1.82, 2.24) is 0 Å². The summed E-state index contributed by atoms with van der Waals surface area (Å²) in [7, 11) is 0. The van der Waals surface area contributed by atoms with Gasteiger partial charge in [0.25, 0.3) is 0 Å². The molecule has 0 heterocycles. The molecule has 2 N–H and O–H groups in total. The molecular formula is C21H41N. The Balaban J connectivity index is 3.06. The Morgan fingerprint density at radius 2 is 1.09 bits per heavy atom. The lowest BCUT2D eigenvalue weighted by molar-refractivity contribution is 0.580. The molecule has 0 atom stereocenters. The molecule has 0 fully saturated rings. The molecule has 0 radical (unpaired) electrons. The fourth-order valence-corrected chi connectivity index (χ4v) is 2.78. The lowest BCUT2D eigenvalue weighted by atomic mass is 10.1. The van der Waals surface area contributed by atoms with Gasteiger partial charge in [0.05, 0.1) is 0 Å². The van der Waals surface area contributed by atoms with E-state index in [4.69, 9.17) is 5.73 Å². The van der Waals surface area contributed by atoms with Gasteiger partial charge in [-0.1, -0.05) is 89.9 Å². The van der Waals surface area contributed by atoms with Gasteiger partial charge in [-0.3, -0.25) is 0 Å². The van der Waals surface area contributed by atoms with Crippen LogP contribution in [-0.4, -0.2) is 0 Å². The van der Waals surface area contributed by atoms with Crippen LogP contribution in [0.25, 0.3) is 0 Å². The van der Waals surface area contributed by atoms with Crippen molar-refractivity contribution in [2.24, 2.45) is 5.73 Å². The van der Waals surface area contributed by atoms with Crippen molar-refractivity contribution in [2.75, 3.05) is 0 Å². The Morgan fingerprint density at radius 1 is 0.682 bits per heavy atom. The molecule has 0 aliphatic rings. The standard InChI is InChI=1S/C21H41N/c1-3-4-5-6-7-8-9-10-11-12-13-14-15-16-17-18-19-20-21(2)22/h10-11H,2-9,12-20,22H2,1H3/b11-10-. The van der Waals surface area contributed by atoms with E-state index < -0.39 is 0 Å². The first-order valence-electron chi connectivity index (χ1n) is 9.85. The number of rotatable bonds is 17. The maximum absolute atomic E-state index is 5.56. The number of hydrogen-bond donors (Lipinski definition) is 1. The maximum atomic E-state index is 5.56. The summed E-state index contributed by atoms with van der Waals surface area (Å²) in [5, 5.41) is 0. The zero-order valence-corrected chi connectivity index (χ0v) is 15.3. The number of nitrogens with two attached hydrogens (primary N) is 1. The van der Waals surface area contributed by atoms with Crippen molar-refractivity contribution in [3.8, 4) is 0 Å². The van der Waals surface area contributed by atoms with Gasteiger partial charge >= 0.3 is 0 Å². The molecule has 0 saturated carbocycles. The quantitative estimate of drug-likeness (QED) is 0.222. The van der Waals surface area contributed by atoms with E-state index in [1.165, 1.54) is 96.3 Å². The van der Waals surface area contributed by atoms with Crippen molar-refractivity contribution in [3.63, 3.8) is 0 Å². The Bertz CT molecular complexity index is 255. The predicted molar refractivity (Wildman–Crippen MR) is 102 cm³/mol. The molecule has 0 aromatic carbocycles. The Morgan fingerprint density at radius 3 is 1.55 bits per heavy atom. The van der Waals surface area contributed by atoms with E-state index in [2.05, 4.69) is 25.7 Å². The largest absolute Gasteiger partial charge is 0.403 e. The van der Waals surface area contributed by atoms with Gasteiger partial charge < -0.3 is 5.73 Å². The van der Waals surface area contributed by atoms with E-state index in [-0.39, 0.29) is 0 Å². The average molecular weight is 308 g/mol.